The molecule has 6 heteroatoms. The van der Waals surface area contributed by atoms with Gasteiger partial charge in [0.05, 0.1) is 7.11 Å². The van der Waals surface area contributed by atoms with Crippen molar-refractivity contribution in [1.29, 1.82) is 0 Å². The SMILES string of the molecule is CON(C)C(=O)OC(=O)NC1CCCCC1. The van der Waals surface area contributed by atoms with Gasteiger partial charge in [-0.15, -0.1) is 0 Å². The summed E-state index contributed by atoms with van der Waals surface area (Å²) in [4.78, 5) is 27.0. The Bertz CT molecular complexity index is 251. The highest BCUT2D eigenvalue weighted by Crippen LogP contribution is 2.17. The van der Waals surface area contributed by atoms with E-state index in [0.717, 1.165) is 30.7 Å². The number of carbonyl (C=O) groups is 2. The van der Waals surface area contributed by atoms with Crippen LogP contribution in [0.4, 0.5) is 9.59 Å². The normalized spacial score (nSPS) is 16.6. The van der Waals surface area contributed by atoms with Gasteiger partial charge >= 0.3 is 12.2 Å². The Morgan fingerprint density at radius 3 is 2.44 bits per heavy atom. The number of hydroxylamine groups is 2. The lowest BCUT2D eigenvalue weighted by Crippen LogP contribution is -2.39. The first-order valence-corrected chi connectivity index (χ1v) is 5.43. The average molecular weight is 230 g/mol. The second kappa shape index (κ2) is 6.32. The summed E-state index contributed by atoms with van der Waals surface area (Å²) in [5.74, 6) is 0. The highest BCUT2D eigenvalue weighted by Gasteiger charge is 2.19. The molecule has 0 aliphatic heterocycles. The zero-order chi connectivity index (χ0) is 12.0. The molecule has 0 saturated heterocycles. The molecule has 0 unspecified atom stereocenters. The van der Waals surface area contributed by atoms with Crippen molar-refractivity contribution < 1.29 is 19.2 Å². The lowest BCUT2D eigenvalue weighted by molar-refractivity contribution is -0.0831. The van der Waals surface area contributed by atoms with Crippen LogP contribution in [0.1, 0.15) is 32.1 Å². The maximum atomic E-state index is 11.3. The molecule has 0 heterocycles. The molecule has 0 aromatic carbocycles. The molecule has 0 bridgehead atoms. The minimum Gasteiger partial charge on any atom is -0.358 e. The number of rotatable bonds is 2. The van der Waals surface area contributed by atoms with Gasteiger partial charge in [-0.2, -0.15) is 5.06 Å². The molecule has 1 saturated carbocycles. The molecule has 1 aliphatic rings. The van der Waals surface area contributed by atoms with E-state index in [1.807, 2.05) is 0 Å². The molecule has 0 radical (unpaired) electrons. The van der Waals surface area contributed by atoms with E-state index in [9.17, 15) is 9.59 Å². The van der Waals surface area contributed by atoms with Crippen molar-refractivity contribution in [3.05, 3.63) is 0 Å². The highest BCUT2D eigenvalue weighted by molar-refractivity contribution is 5.83. The van der Waals surface area contributed by atoms with Crippen molar-refractivity contribution in [2.75, 3.05) is 14.2 Å². The van der Waals surface area contributed by atoms with E-state index in [1.165, 1.54) is 20.6 Å². The van der Waals surface area contributed by atoms with Gasteiger partial charge < -0.3 is 10.1 Å². The van der Waals surface area contributed by atoms with Gasteiger partial charge in [0.25, 0.3) is 0 Å². The van der Waals surface area contributed by atoms with Crippen LogP contribution in [-0.2, 0) is 9.57 Å². The number of nitrogens with zero attached hydrogens (tertiary/aromatic N) is 1. The second-order valence-corrected chi connectivity index (χ2v) is 3.81. The van der Waals surface area contributed by atoms with Gasteiger partial charge in [-0.05, 0) is 12.8 Å². The summed E-state index contributed by atoms with van der Waals surface area (Å²) in [6.45, 7) is 0. The van der Waals surface area contributed by atoms with Crippen LogP contribution in [0, 0.1) is 0 Å². The lowest BCUT2D eigenvalue weighted by atomic mass is 9.96. The molecule has 1 fully saturated rings. The number of nitrogens with one attached hydrogen (secondary N) is 1. The largest absolute Gasteiger partial charge is 0.442 e. The molecular formula is C10H18N2O4. The zero-order valence-electron chi connectivity index (χ0n) is 9.69. The van der Waals surface area contributed by atoms with Gasteiger partial charge in [-0.3, -0.25) is 4.84 Å². The first-order valence-electron chi connectivity index (χ1n) is 5.43. The van der Waals surface area contributed by atoms with E-state index in [1.54, 1.807) is 0 Å². The van der Waals surface area contributed by atoms with E-state index in [4.69, 9.17) is 0 Å². The van der Waals surface area contributed by atoms with Crippen LogP contribution >= 0.6 is 0 Å². The van der Waals surface area contributed by atoms with E-state index >= 15 is 0 Å². The van der Waals surface area contributed by atoms with Crippen molar-refractivity contribution in [3.63, 3.8) is 0 Å². The van der Waals surface area contributed by atoms with E-state index in [2.05, 4.69) is 14.9 Å². The van der Waals surface area contributed by atoms with Crippen molar-refractivity contribution in [2.45, 2.75) is 38.1 Å². The fourth-order valence-corrected chi connectivity index (χ4v) is 1.66. The van der Waals surface area contributed by atoms with Crippen LogP contribution in [0.3, 0.4) is 0 Å². The second-order valence-electron chi connectivity index (χ2n) is 3.81. The third kappa shape index (κ3) is 4.06. The molecule has 6 nitrogen and oxygen atoms in total. The average Bonchev–Trinajstić information content (AvgIpc) is 2.29. The third-order valence-corrected chi connectivity index (χ3v) is 2.64. The fourth-order valence-electron chi connectivity index (χ4n) is 1.66. The molecule has 0 aromatic heterocycles. The number of carbonyl (C=O) groups excluding carboxylic acids is 2. The summed E-state index contributed by atoms with van der Waals surface area (Å²) in [5.41, 5.74) is 0. The van der Waals surface area contributed by atoms with Crippen molar-refractivity contribution in [2.24, 2.45) is 0 Å². The summed E-state index contributed by atoms with van der Waals surface area (Å²) in [5, 5.41) is 3.51. The summed E-state index contributed by atoms with van der Waals surface area (Å²) < 4.78 is 4.52. The standard InChI is InChI=1S/C10H18N2O4/c1-12(15-2)10(14)16-9(13)11-8-6-4-3-5-7-8/h8H,3-7H2,1-2H3,(H,11,13). The molecule has 1 rings (SSSR count). The Morgan fingerprint density at radius 2 is 1.88 bits per heavy atom. The Kier molecular flexibility index (Phi) is 5.04. The van der Waals surface area contributed by atoms with Gasteiger partial charge in [-0.1, -0.05) is 19.3 Å². The molecule has 1 aliphatic carbocycles. The first kappa shape index (κ1) is 12.8. The van der Waals surface area contributed by atoms with Gasteiger partial charge in [-0.25, -0.2) is 9.59 Å². The van der Waals surface area contributed by atoms with E-state index < -0.39 is 12.2 Å². The minimum atomic E-state index is -0.823. The Labute approximate surface area is 94.8 Å². The topological polar surface area (TPSA) is 67.9 Å². The smallest absolute Gasteiger partial charge is 0.358 e. The monoisotopic (exact) mass is 230 g/mol. The van der Waals surface area contributed by atoms with Gasteiger partial charge in [0.15, 0.2) is 0 Å². The maximum Gasteiger partial charge on any atom is 0.442 e. The summed E-state index contributed by atoms with van der Waals surface area (Å²) in [6, 6.07) is 0.127. The molecule has 16 heavy (non-hydrogen) atoms. The zero-order valence-corrected chi connectivity index (χ0v) is 9.69. The fraction of sp³-hybridized carbons (Fsp3) is 0.800. The molecule has 2 amide bonds. The Balaban J connectivity index is 2.26. The Hall–Kier alpha value is -1.30. The summed E-state index contributed by atoms with van der Waals surface area (Å²) in [7, 11) is 2.69. The number of alkyl carbamates (subject to hydrolysis) is 1. The van der Waals surface area contributed by atoms with Crippen LogP contribution in [0.25, 0.3) is 0 Å². The van der Waals surface area contributed by atoms with Crippen LogP contribution < -0.4 is 5.32 Å². The molecule has 92 valence electrons. The number of ether oxygens (including phenoxy) is 1. The van der Waals surface area contributed by atoms with Crippen LogP contribution in [0.15, 0.2) is 0 Å². The predicted octanol–water partition coefficient (Wildman–Crippen LogP) is 1.66. The molecule has 0 spiro atoms. The first-order chi connectivity index (χ1) is 7.63. The third-order valence-electron chi connectivity index (χ3n) is 2.64. The summed E-state index contributed by atoms with van der Waals surface area (Å²) >= 11 is 0. The molecular weight excluding hydrogens is 212 g/mol. The van der Waals surface area contributed by atoms with Crippen LogP contribution in [0.5, 0.6) is 0 Å². The highest BCUT2D eigenvalue weighted by atomic mass is 16.7. The van der Waals surface area contributed by atoms with Crippen molar-refractivity contribution in [1.82, 2.24) is 10.4 Å². The molecule has 0 aromatic rings. The van der Waals surface area contributed by atoms with E-state index in [0.29, 0.717) is 0 Å². The van der Waals surface area contributed by atoms with Crippen molar-refractivity contribution >= 4 is 12.2 Å². The number of hydrogen-bond donors (Lipinski definition) is 1. The quantitative estimate of drug-likeness (QED) is 0.578. The number of amides is 2. The minimum absolute atomic E-state index is 0.127. The number of hydrogen-bond acceptors (Lipinski definition) is 4. The van der Waals surface area contributed by atoms with Gasteiger partial charge in [0.1, 0.15) is 0 Å². The molecule has 1 N–H and O–H groups in total. The molecule has 0 atom stereocenters. The lowest BCUT2D eigenvalue weighted by Gasteiger charge is -2.22. The van der Waals surface area contributed by atoms with Gasteiger partial charge in [0.2, 0.25) is 0 Å². The van der Waals surface area contributed by atoms with Crippen LogP contribution in [-0.4, -0.2) is 37.4 Å². The Morgan fingerprint density at radius 1 is 1.25 bits per heavy atom. The maximum absolute atomic E-state index is 11.3. The van der Waals surface area contributed by atoms with E-state index in [-0.39, 0.29) is 6.04 Å². The van der Waals surface area contributed by atoms with Gasteiger partial charge in [0, 0.05) is 13.1 Å². The van der Waals surface area contributed by atoms with Crippen molar-refractivity contribution in [3.8, 4) is 0 Å². The predicted molar refractivity (Wildman–Crippen MR) is 56.7 cm³/mol. The van der Waals surface area contributed by atoms with Crippen LogP contribution in [0.2, 0.25) is 0 Å². The summed E-state index contributed by atoms with van der Waals surface area (Å²) in [6.07, 6.45) is 3.79.